The highest BCUT2D eigenvalue weighted by Gasteiger charge is 2.38. The highest BCUT2D eigenvalue weighted by Crippen LogP contribution is 2.45. The SMILES string of the molecule is COc1cccc(C2=C[C@H]3CC[C@@H](C3)[C@H]2N(C)C)c1. The fraction of sp³-hybridized carbons (Fsp3) is 0.529. The topological polar surface area (TPSA) is 12.5 Å². The number of rotatable bonds is 3. The fourth-order valence-electron chi connectivity index (χ4n) is 3.87. The van der Waals surface area contributed by atoms with Gasteiger partial charge in [-0.2, -0.15) is 0 Å². The first kappa shape index (κ1) is 12.7. The van der Waals surface area contributed by atoms with Crippen LogP contribution in [0.15, 0.2) is 30.3 Å². The minimum absolute atomic E-state index is 0.561. The van der Waals surface area contributed by atoms with E-state index in [0.29, 0.717) is 6.04 Å². The first-order valence-electron chi connectivity index (χ1n) is 7.21. The van der Waals surface area contributed by atoms with Crippen LogP contribution >= 0.6 is 0 Å². The van der Waals surface area contributed by atoms with Crippen LogP contribution in [0, 0.1) is 11.8 Å². The largest absolute Gasteiger partial charge is 0.497 e. The third kappa shape index (κ3) is 2.30. The average molecular weight is 257 g/mol. The van der Waals surface area contributed by atoms with Crippen molar-refractivity contribution in [1.29, 1.82) is 0 Å². The Bertz CT molecular complexity index is 492. The van der Waals surface area contributed by atoms with Gasteiger partial charge in [-0.25, -0.2) is 0 Å². The van der Waals surface area contributed by atoms with Gasteiger partial charge in [0, 0.05) is 6.04 Å². The van der Waals surface area contributed by atoms with Gasteiger partial charge in [0.25, 0.3) is 0 Å². The lowest BCUT2D eigenvalue weighted by Crippen LogP contribution is -2.37. The van der Waals surface area contributed by atoms with Gasteiger partial charge in [-0.05, 0) is 68.5 Å². The number of likely N-dealkylation sites (N-methyl/N-ethyl adjacent to an activating group) is 1. The van der Waals surface area contributed by atoms with Gasteiger partial charge in [-0.3, -0.25) is 0 Å². The summed E-state index contributed by atoms with van der Waals surface area (Å²) in [5.41, 5.74) is 2.83. The summed E-state index contributed by atoms with van der Waals surface area (Å²) in [7, 11) is 6.15. The summed E-state index contributed by atoms with van der Waals surface area (Å²) in [6.07, 6.45) is 6.62. The Balaban J connectivity index is 2.00. The molecule has 0 spiro atoms. The predicted molar refractivity (Wildman–Crippen MR) is 79.3 cm³/mol. The average Bonchev–Trinajstić information content (AvgIpc) is 2.79. The van der Waals surface area contributed by atoms with E-state index >= 15 is 0 Å². The van der Waals surface area contributed by atoms with E-state index in [1.807, 2.05) is 6.07 Å². The molecule has 0 saturated heterocycles. The molecule has 3 rings (SSSR count). The summed E-state index contributed by atoms with van der Waals surface area (Å²) in [6.45, 7) is 0. The number of hydrogen-bond donors (Lipinski definition) is 0. The van der Waals surface area contributed by atoms with Crippen LogP contribution in [0.4, 0.5) is 0 Å². The Labute approximate surface area is 116 Å². The van der Waals surface area contributed by atoms with Crippen LogP contribution < -0.4 is 4.74 Å². The molecule has 2 bridgehead atoms. The molecule has 0 unspecified atom stereocenters. The second-order valence-corrected chi connectivity index (χ2v) is 6.10. The molecule has 2 aliphatic carbocycles. The fourth-order valence-corrected chi connectivity index (χ4v) is 3.87. The molecule has 1 fully saturated rings. The molecule has 0 radical (unpaired) electrons. The maximum absolute atomic E-state index is 5.37. The maximum atomic E-state index is 5.37. The first-order chi connectivity index (χ1) is 9.19. The molecular formula is C17H23NO. The number of nitrogens with zero attached hydrogens (tertiary/aromatic N) is 1. The number of fused-ring (bicyclic) bond motifs is 2. The van der Waals surface area contributed by atoms with Gasteiger partial charge in [0.15, 0.2) is 0 Å². The van der Waals surface area contributed by atoms with Gasteiger partial charge >= 0.3 is 0 Å². The van der Waals surface area contributed by atoms with Crippen LogP contribution in [0.1, 0.15) is 24.8 Å². The van der Waals surface area contributed by atoms with E-state index in [1.165, 1.54) is 30.4 Å². The predicted octanol–water partition coefficient (Wildman–Crippen LogP) is 3.44. The van der Waals surface area contributed by atoms with E-state index in [2.05, 4.69) is 43.3 Å². The van der Waals surface area contributed by atoms with Crippen LogP contribution in [0.5, 0.6) is 5.75 Å². The first-order valence-corrected chi connectivity index (χ1v) is 7.21. The number of hydrogen-bond acceptors (Lipinski definition) is 2. The summed E-state index contributed by atoms with van der Waals surface area (Å²) >= 11 is 0. The van der Waals surface area contributed by atoms with Gasteiger partial charge in [0.2, 0.25) is 0 Å². The number of methoxy groups -OCH3 is 1. The van der Waals surface area contributed by atoms with Crippen LogP contribution in [-0.2, 0) is 0 Å². The molecule has 2 heteroatoms. The Morgan fingerprint density at radius 1 is 1.21 bits per heavy atom. The summed E-state index contributed by atoms with van der Waals surface area (Å²) in [5, 5.41) is 0. The Hall–Kier alpha value is -1.28. The summed E-state index contributed by atoms with van der Waals surface area (Å²) in [4.78, 5) is 2.39. The molecule has 1 aromatic rings. The quantitative estimate of drug-likeness (QED) is 0.822. The van der Waals surface area contributed by atoms with Crippen molar-refractivity contribution >= 4 is 5.57 Å². The number of allylic oxidation sites excluding steroid dienone is 1. The standard InChI is InChI=1S/C17H23NO/c1-18(2)17-14-8-7-12(9-14)10-16(17)13-5-4-6-15(11-13)19-3/h4-6,10-12,14,17H,7-9H2,1-3H3/t12-,14-,17+/m0/s1. The van der Waals surface area contributed by atoms with Crippen LogP contribution in [-0.4, -0.2) is 32.1 Å². The van der Waals surface area contributed by atoms with E-state index in [4.69, 9.17) is 4.74 Å². The molecule has 19 heavy (non-hydrogen) atoms. The van der Waals surface area contributed by atoms with E-state index in [1.54, 1.807) is 7.11 Å². The third-order valence-corrected chi connectivity index (χ3v) is 4.65. The maximum Gasteiger partial charge on any atom is 0.119 e. The molecule has 2 aliphatic rings. The van der Waals surface area contributed by atoms with Crippen molar-refractivity contribution in [1.82, 2.24) is 4.90 Å². The second kappa shape index (κ2) is 5.01. The molecule has 0 aliphatic heterocycles. The molecule has 2 nitrogen and oxygen atoms in total. The van der Waals surface area contributed by atoms with Gasteiger partial charge in [0.05, 0.1) is 7.11 Å². The normalized spacial score (nSPS) is 29.5. The summed E-state index contributed by atoms with van der Waals surface area (Å²) < 4.78 is 5.37. The monoisotopic (exact) mass is 257 g/mol. The zero-order valence-electron chi connectivity index (χ0n) is 12.1. The highest BCUT2D eigenvalue weighted by atomic mass is 16.5. The van der Waals surface area contributed by atoms with Gasteiger partial charge < -0.3 is 9.64 Å². The van der Waals surface area contributed by atoms with Crippen molar-refractivity contribution in [3.63, 3.8) is 0 Å². The second-order valence-electron chi connectivity index (χ2n) is 6.10. The minimum Gasteiger partial charge on any atom is -0.497 e. The Morgan fingerprint density at radius 3 is 2.79 bits per heavy atom. The van der Waals surface area contributed by atoms with Gasteiger partial charge in [-0.1, -0.05) is 18.2 Å². The molecule has 1 saturated carbocycles. The highest BCUT2D eigenvalue weighted by molar-refractivity contribution is 5.72. The van der Waals surface area contributed by atoms with Crippen LogP contribution in [0.3, 0.4) is 0 Å². The molecule has 102 valence electrons. The van der Waals surface area contributed by atoms with Gasteiger partial charge in [-0.15, -0.1) is 0 Å². The van der Waals surface area contributed by atoms with Crippen molar-refractivity contribution in [2.45, 2.75) is 25.3 Å². The minimum atomic E-state index is 0.561. The van der Waals surface area contributed by atoms with Crippen LogP contribution in [0.2, 0.25) is 0 Å². The molecule has 1 aromatic carbocycles. The van der Waals surface area contributed by atoms with E-state index in [9.17, 15) is 0 Å². The molecule has 0 heterocycles. The van der Waals surface area contributed by atoms with E-state index in [-0.39, 0.29) is 0 Å². The zero-order valence-corrected chi connectivity index (χ0v) is 12.1. The summed E-state index contributed by atoms with van der Waals surface area (Å²) in [5.74, 6) is 2.57. The Morgan fingerprint density at radius 2 is 2.05 bits per heavy atom. The van der Waals surface area contributed by atoms with Gasteiger partial charge in [0.1, 0.15) is 5.75 Å². The smallest absolute Gasteiger partial charge is 0.119 e. The van der Waals surface area contributed by atoms with Crippen molar-refractivity contribution in [3.8, 4) is 5.75 Å². The van der Waals surface area contributed by atoms with E-state index in [0.717, 1.165) is 17.6 Å². The lowest BCUT2D eigenvalue weighted by molar-refractivity contribution is 0.257. The molecule has 0 N–H and O–H groups in total. The number of benzene rings is 1. The molecule has 0 amide bonds. The van der Waals surface area contributed by atoms with E-state index < -0.39 is 0 Å². The van der Waals surface area contributed by atoms with Crippen molar-refractivity contribution < 1.29 is 4.74 Å². The van der Waals surface area contributed by atoms with Crippen molar-refractivity contribution in [2.75, 3.05) is 21.2 Å². The summed E-state index contributed by atoms with van der Waals surface area (Å²) in [6, 6.07) is 9.07. The van der Waals surface area contributed by atoms with Crippen molar-refractivity contribution in [2.24, 2.45) is 11.8 Å². The molecule has 0 aromatic heterocycles. The van der Waals surface area contributed by atoms with Crippen molar-refractivity contribution in [3.05, 3.63) is 35.9 Å². The lowest BCUT2D eigenvalue weighted by Gasteiger charge is -2.35. The number of ether oxygens (including phenoxy) is 1. The van der Waals surface area contributed by atoms with Crippen LogP contribution in [0.25, 0.3) is 5.57 Å². The zero-order chi connectivity index (χ0) is 13.4. The third-order valence-electron chi connectivity index (χ3n) is 4.65. The molecular weight excluding hydrogens is 234 g/mol. The molecule has 3 atom stereocenters. The lowest BCUT2D eigenvalue weighted by atomic mass is 9.81. The Kier molecular flexibility index (Phi) is 3.36.